The maximum Gasteiger partial charge on any atom is 0.0340 e. The van der Waals surface area contributed by atoms with Crippen molar-refractivity contribution in [2.75, 3.05) is 55.2 Å². The van der Waals surface area contributed by atoms with Crippen molar-refractivity contribution in [3.05, 3.63) is 91.0 Å². The summed E-state index contributed by atoms with van der Waals surface area (Å²) in [6, 6.07) is 31.2. The molecule has 0 saturated carbocycles. The van der Waals surface area contributed by atoms with Crippen molar-refractivity contribution >= 4 is 17.1 Å². The molecule has 0 fully saturated rings. The first-order valence-electron chi connectivity index (χ1n) is 9.99. The van der Waals surface area contributed by atoms with Crippen LogP contribution < -0.4 is 16.0 Å². The Morgan fingerprint density at radius 1 is 0.429 bits per heavy atom. The van der Waals surface area contributed by atoms with Crippen molar-refractivity contribution in [2.45, 2.75) is 0 Å². The van der Waals surface area contributed by atoms with Crippen LogP contribution >= 0.6 is 0 Å². The average Bonchev–Trinajstić information content (AvgIpc) is 2.76. The monoisotopic (exact) mass is 374 g/mol. The average molecular weight is 375 g/mol. The Kier molecular flexibility index (Phi) is 8.24. The molecule has 0 heterocycles. The number of rotatable bonds is 12. The molecule has 0 bridgehead atoms. The molecule has 0 aromatic heterocycles. The van der Waals surface area contributed by atoms with Gasteiger partial charge >= 0.3 is 0 Å². The Balaban J connectivity index is 1.44. The highest BCUT2D eigenvalue weighted by molar-refractivity contribution is 5.43. The van der Waals surface area contributed by atoms with Crippen molar-refractivity contribution in [3.63, 3.8) is 0 Å². The molecule has 3 rings (SSSR count). The summed E-state index contributed by atoms with van der Waals surface area (Å²) in [6.45, 7) is 5.80. The van der Waals surface area contributed by atoms with Gasteiger partial charge in [-0.1, -0.05) is 54.6 Å². The molecule has 3 aromatic carbocycles. The molecule has 28 heavy (non-hydrogen) atoms. The first-order chi connectivity index (χ1) is 13.9. The zero-order valence-corrected chi connectivity index (χ0v) is 16.4. The first kappa shape index (κ1) is 19.8. The number of hydrogen-bond acceptors (Lipinski definition) is 4. The van der Waals surface area contributed by atoms with Crippen molar-refractivity contribution in [3.8, 4) is 0 Å². The zero-order valence-electron chi connectivity index (χ0n) is 16.4. The van der Waals surface area contributed by atoms with E-state index in [2.05, 4.69) is 93.6 Å². The van der Waals surface area contributed by atoms with Crippen LogP contribution in [0.15, 0.2) is 91.0 Å². The largest absolute Gasteiger partial charge is 0.384 e. The summed E-state index contributed by atoms with van der Waals surface area (Å²) in [5.41, 5.74) is 3.52. The minimum absolute atomic E-state index is 0.931. The second kappa shape index (κ2) is 11.7. The van der Waals surface area contributed by atoms with Crippen molar-refractivity contribution in [1.82, 2.24) is 4.90 Å². The van der Waals surface area contributed by atoms with Gasteiger partial charge in [0.1, 0.15) is 0 Å². The van der Waals surface area contributed by atoms with E-state index in [9.17, 15) is 0 Å². The Bertz CT molecular complexity index is 654. The van der Waals surface area contributed by atoms with Crippen LogP contribution in [0.4, 0.5) is 17.1 Å². The fraction of sp³-hybridized carbons (Fsp3) is 0.250. The Morgan fingerprint density at radius 3 is 1.00 bits per heavy atom. The van der Waals surface area contributed by atoms with Crippen LogP contribution in [0.2, 0.25) is 0 Å². The van der Waals surface area contributed by atoms with Crippen molar-refractivity contribution in [2.24, 2.45) is 0 Å². The lowest BCUT2D eigenvalue weighted by Crippen LogP contribution is -2.36. The predicted molar refractivity (Wildman–Crippen MR) is 121 cm³/mol. The third kappa shape index (κ3) is 7.33. The molecule has 0 aliphatic carbocycles. The molecular weight excluding hydrogens is 344 g/mol. The number of hydrogen-bond donors (Lipinski definition) is 3. The lowest BCUT2D eigenvalue weighted by molar-refractivity contribution is 0.306. The Hall–Kier alpha value is -2.98. The minimum Gasteiger partial charge on any atom is -0.384 e. The molecule has 0 saturated heterocycles. The van der Waals surface area contributed by atoms with Crippen LogP contribution in [0.5, 0.6) is 0 Å². The highest BCUT2D eigenvalue weighted by Gasteiger charge is 2.05. The van der Waals surface area contributed by atoms with Crippen LogP contribution in [0.1, 0.15) is 0 Å². The number of nitrogens with zero attached hydrogens (tertiary/aromatic N) is 1. The molecule has 0 spiro atoms. The summed E-state index contributed by atoms with van der Waals surface area (Å²) in [5, 5.41) is 10.5. The first-order valence-corrected chi connectivity index (χ1v) is 9.99. The molecule has 0 atom stereocenters. The second-order valence-electron chi connectivity index (χ2n) is 6.72. The third-order valence-corrected chi connectivity index (χ3v) is 4.59. The molecule has 146 valence electrons. The molecular formula is C24H30N4. The number of para-hydroxylation sites is 3. The molecule has 0 aliphatic heterocycles. The summed E-state index contributed by atoms with van der Waals surface area (Å²) in [7, 11) is 0. The molecule has 0 amide bonds. The van der Waals surface area contributed by atoms with E-state index < -0.39 is 0 Å². The van der Waals surface area contributed by atoms with E-state index in [-0.39, 0.29) is 0 Å². The standard InChI is InChI=1S/C24H30N4/c1-4-10-22(11-5-1)25-16-19-28(20-17-26-23-12-6-2-7-13-23)21-18-27-24-14-8-3-9-15-24/h1-15,25-27H,16-21H2. The molecule has 3 aromatic rings. The van der Waals surface area contributed by atoms with E-state index in [4.69, 9.17) is 0 Å². The van der Waals surface area contributed by atoms with E-state index in [0.29, 0.717) is 0 Å². The van der Waals surface area contributed by atoms with Gasteiger partial charge in [-0.05, 0) is 36.4 Å². The lowest BCUT2D eigenvalue weighted by Gasteiger charge is -2.23. The summed E-state index contributed by atoms with van der Waals surface area (Å²) < 4.78 is 0. The van der Waals surface area contributed by atoms with Gasteiger partial charge < -0.3 is 16.0 Å². The van der Waals surface area contributed by atoms with Gasteiger partial charge in [0.25, 0.3) is 0 Å². The lowest BCUT2D eigenvalue weighted by atomic mass is 10.3. The molecule has 0 radical (unpaired) electrons. The topological polar surface area (TPSA) is 39.3 Å². The molecule has 4 nitrogen and oxygen atoms in total. The van der Waals surface area contributed by atoms with E-state index >= 15 is 0 Å². The highest BCUT2D eigenvalue weighted by Crippen LogP contribution is 2.07. The molecule has 4 heteroatoms. The van der Waals surface area contributed by atoms with Gasteiger partial charge in [-0.15, -0.1) is 0 Å². The molecule has 0 aliphatic rings. The molecule has 0 unspecified atom stereocenters. The predicted octanol–water partition coefficient (Wildman–Crippen LogP) is 4.62. The van der Waals surface area contributed by atoms with Crippen LogP contribution in [0, 0.1) is 0 Å². The van der Waals surface area contributed by atoms with Gasteiger partial charge in [0.2, 0.25) is 0 Å². The van der Waals surface area contributed by atoms with Crippen molar-refractivity contribution in [1.29, 1.82) is 0 Å². The minimum atomic E-state index is 0.931. The number of benzene rings is 3. The highest BCUT2D eigenvalue weighted by atomic mass is 15.2. The maximum absolute atomic E-state index is 3.51. The normalized spacial score (nSPS) is 10.6. The van der Waals surface area contributed by atoms with Gasteiger partial charge in [0.05, 0.1) is 0 Å². The fourth-order valence-corrected chi connectivity index (χ4v) is 3.08. The van der Waals surface area contributed by atoms with E-state index in [1.54, 1.807) is 0 Å². The molecule has 3 N–H and O–H groups in total. The number of nitrogens with one attached hydrogen (secondary N) is 3. The van der Waals surface area contributed by atoms with E-state index in [1.807, 2.05) is 18.2 Å². The summed E-state index contributed by atoms with van der Waals surface area (Å²) in [5.74, 6) is 0. The van der Waals surface area contributed by atoms with Crippen LogP contribution in [0.3, 0.4) is 0 Å². The third-order valence-electron chi connectivity index (χ3n) is 4.59. The summed E-state index contributed by atoms with van der Waals surface area (Å²) >= 11 is 0. The maximum atomic E-state index is 3.51. The number of anilines is 3. The quantitative estimate of drug-likeness (QED) is 0.432. The Morgan fingerprint density at radius 2 is 0.714 bits per heavy atom. The van der Waals surface area contributed by atoms with Gasteiger partial charge in [0, 0.05) is 56.3 Å². The van der Waals surface area contributed by atoms with E-state index in [0.717, 1.165) is 39.3 Å². The zero-order chi connectivity index (χ0) is 19.3. The Labute approximate surface area is 168 Å². The van der Waals surface area contributed by atoms with Gasteiger partial charge in [0.15, 0.2) is 0 Å². The summed E-state index contributed by atoms with van der Waals surface area (Å²) in [6.07, 6.45) is 0. The van der Waals surface area contributed by atoms with Gasteiger partial charge in [-0.25, -0.2) is 0 Å². The SMILES string of the molecule is c1ccc(NCCN(CCNc2ccccc2)CCNc2ccccc2)cc1. The van der Waals surface area contributed by atoms with Crippen LogP contribution in [-0.2, 0) is 0 Å². The van der Waals surface area contributed by atoms with E-state index in [1.165, 1.54) is 17.1 Å². The van der Waals surface area contributed by atoms with Gasteiger partial charge in [-0.3, -0.25) is 4.90 Å². The van der Waals surface area contributed by atoms with Crippen LogP contribution in [-0.4, -0.2) is 44.2 Å². The van der Waals surface area contributed by atoms with Gasteiger partial charge in [-0.2, -0.15) is 0 Å². The summed E-state index contributed by atoms with van der Waals surface area (Å²) in [4.78, 5) is 2.49. The van der Waals surface area contributed by atoms with Crippen LogP contribution in [0.25, 0.3) is 0 Å². The van der Waals surface area contributed by atoms with Crippen molar-refractivity contribution < 1.29 is 0 Å². The second-order valence-corrected chi connectivity index (χ2v) is 6.72. The smallest absolute Gasteiger partial charge is 0.0340 e. The fourth-order valence-electron chi connectivity index (χ4n) is 3.08.